The Morgan fingerprint density at radius 3 is 2.81 bits per heavy atom. The van der Waals surface area contributed by atoms with Crippen LogP contribution in [0.3, 0.4) is 0 Å². The first-order chi connectivity index (χ1) is 14.8. The van der Waals surface area contributed by atoms with E-state index in [1.807, 2.05) is 12.1 Å². The highest BCUT2D eigenvalue weighted by molar-refractivity contribution is 5.15. The Balaban J connectivity index is 1.58. The molecule has 7 atom stereocenters. The Morgan fingerprint density at radius 2 is 2.10 bits per heavy atom. The third kappa shape index (κ3) is 5.58. The van der Waals surface area contributed by atoms with Crippen LogP contribution in [0.4, 0.5) is 0 Å². The number of aliphatic hydroxyl groups excluding tert-OH is 1. The quantitative estimate of drug-likeness (QED) is 0.279. The number of hydrogen-bond acceptors (Lipinski definition) is 3. The lowest BCUT2D eigenvalue weighted by Gasteiger charge is -2.51. The van der Waals surface area contributed by atoms with E-state index in [0.717, 1.165) is 61.0 Å². The highest BCUT2D eigenvalue weighted by Crippen LogP contribution is 2.63. The molecular weight excluding hydrogens is 382 g/mol. The zero-order chi connectivity index (χ0) is 22.6. The van der Waals surface area contributed by atoms with Crippen LogP contribution in [0.15, 0.2) is 23.9 Å². The second-order valence-corrected chi connectivity index (χ2v) is 11.3. The first-order valence-corrected chi connectivity index (χ1v) is 13.1. The molecule has 0 radical (unpaired) electrons. The molecule has 1 N–H and O–H groups in total. The van der Waals surface area contributed by atoms with Gasteiger partial charge in [0.05, 0.1) is 13.2 Å². The van der Waals surface area contributed by atoms with Gasteiger partial charge in [-0.1, -0.05) is 51.8 Å². The standard InChI is InChI=1S/C28H49NO2/c1-7-8-9-24(30)19-22-12-13-25-23(18-22)16-17-28(4)26(14-15-27(25)28)20(2)10-11-21(3)29(5)31-6/h12,20,23-27,30H,3,7-11,13-19H2,1-2,4-6H3. The Kier molecular flexibility index (Phi) is 8.72. The third-order valence-corrected chi connectivity index (χ3v) is 9.55. The lowest BCUT2D eigenvalue weighted by Crippen LogP contribution is -2.43. The van der Waals surface area contributed by atoms with E-state index in [-0.39, 0.29) is 6.10 Å². The van der Waals surface area contributed by atoms with Crippen LogP contribution in [-0.2, 0) is 4.84 Å². The van der Waals surface area contributed by atoms with Gasteiger partial charge in [0.1, 0.15) is 0 Å². The summed E-state index contributed by atoms with van der Waals surface area (Å²) in [6, 6.07) is 0. The average Bonchev–Trinajstić information content (AvgIpc) is 3.12. The number of hydrogen-bond donors (Lipinski definition) is 1. The van der Waals surface area contributed by atoms with E-state index in [0.29, 0.717) is 5.41 Å². The van der Waals surface area contributed by atoms with Crippen LogP contribution in [0.2, 0.25) is 0 Å². The summed E-state index contributed by atoms with van der Waals surface area (Å²) in [5, 5.41) is 12.2. The van der Waals surface area contributed by atoms with Gasteiger partial charge in [-0.25, -0.2) is 0 Å². The number of hydroxylamine groups is 2. The summed E-state index contributed by atoms with van der Waals surface area (Å²) in [4.78, 5) is 5.30. The van der Waals surface area contributed by atoms with Crippen LogP contribution in [0.25, 0.3) is 0 Å². The average molecular weight is 432 g/mol. The first kappa shape index (κ1) is 24.8. The predicted octanol–water partition coefficient (Wildman–Crippen LogP) is 7.13. The van der Waals surface area contributed by atoms with Gasteiger partial charge in [0.2, 0.25) is 0 Å². The maximum atomic E-state index is 10.4. The van der Waals surface area contributed by atoms with Crippen LogP contribution in [-0.4, -0.2) is 30.4 Å². The van der Waals surface area contributed by atoms with Crippen molar-refractivity contribution in [2.24, 2.45) is 35.0 Å². The van der Waals surface area contributed by atoms with Crippen molar-refractivity contribution in [3.05, 3.63) is 23.9 Å². The second kappa shape index (κ2) is 10.9. The lowest BCUT2D eigenvalue weighted by atomic mass is 9.54. The number of nitrogens with zero attached hydrogens (tertiary/aromatic N) is 1. The molecule has 0 aliphatic heterocycles. The molecule has 178 valence electrons. The zero-order valence-corrected chi connectivity index (χ0v) is 21.0. The number of unbranched alkanes of at least 4 members (excludes halogenated alkanes) is 1. The fraction of sp³-hybridized carbons (Fsp3) is 0.857. The molecule has 7 unspecified atom stereocenters. The molecule has 0 bridgehead atoms. The minimum atomic E-state index is -0.125. The van der Waals surface area contributed by atoms with Gasteiger partial charge in [-0.2, -0.15) is 0 Å². The second-order valence-electron chi connectivity index (χ2n) is 11.3. The summed E-state index contributed by atoms with van der Waals surface area (Å²) in [6.07, 6.45) is 17.0. The van der Waals surface area contributed by atoms with E-state index in [1.165, 1.54) is 51.4 Å². The molecule has 0 amide bonds. The molecule has 0 aromatic rings. The Bertz CT molecular complexity index is 629. The van der Waals surface area contributed by atoms with Crippen LogP contribution in [0.1, 0.15) is 97.8 Å². The molecule has 3 aliphatic rings. The molecule has 2 saturated carbocycles. The molecule has 31 heavy (non-hydrogen) atoms. The largest absolute Gasteiger partial charge is 0.393 e. The monoisotopic (exact) mass is 431 g/mol. The van der Waals surface area contributed by atoms with Crippen LogP contribution in [0.5, 0.6) is 0 Å². The van der Waals surface area contributed by atoms with Crippen LogP contribution in [0, 0.1) is 35.0 Å². The highest BCUT2D eigenvalue weighted by Gasteiger charge is 2.54. The molecule has 0 aromatic carbocycles. The molecule has 0 spiro atoms. The summed E-state index contributed by atoms with van der Waals surface area (Å²) in [5.74, 6) is 4.23. The van der Waals surface area contributed by atoms with E-state index >= 15 is 0 Å². The fourth-order valence-corrected chi connectivity index (χ4v) is 7.57. The van der Waals surface area contributed by atoms with Crippen molar-refractivity contribution in [3.8, 4) is 0 Å². The maximum absolute atomic E-state index is 10.4. The van der Waals surface area contributed by atoms with Gasteiger partial charge >= 0.3 is 0 Å². The molecular formula is C28H49NO2. The molecule has 3 rings (SSSR count). The van der Waals surface area contributed by atoms with Gasteiger partial charge < -0.3 is 5.11 Å². The van der Waals surface area contributed by atoms with Gasteiger partial charge in [0.15, 0.2) is 0 Å². The summed E-state index contributed by atoms with van der Waals surface area (Å²) < 4.78 is 0. The van der Waals surface area contributed by atoms with E-state index in [2.05, 4.69) is 33.4 Å². The van der Waals surface area contributed by atoms with Crippen LogP contribution >= 0.6 is 0 Å². The molecule has 2 fully saturated rings. The Labute approximate surface area is 192 Å². The topological polar surface area (TPSA) is 32.7 Å². The van der Waals surface area contributed by atoms with Crippen molar-refractivity contribution in [2.45, 2.75) is 104 Å². The third-order valence-electron chi connectivity index (χ3n) is 9.55. The summed E-state index contributed by atoms with van der Waals surface area (Å²) in [6.45, 7) is 11.5. The number of aliphatic hydroxyl groups is 1. The summed E-state index contributed by atoms with van der Waals surface area (Å²) >= 11 is 0. The number of rotatable bonds is 11. The van der Waals surface area contributed by atoms with E-state index in [1.54, 1.807) is 12.7 Å². The predicted molar refractivity (Wildman–Crippen MR) is 130 cm³/mol. The van der Waals surface area contributed by atoms with Crippen molar-refractivity contribution in [3.63, 3.8) is 0 Å². The maximum Gasteiger partial charge on any atom is 0.0638 e. The smallest absolute Gasteiger partial charge is 0.0638 e. The van der Waals surface area contributed by atoms with Crippen LogP contribution < -0.4 is 0 Å². The normalized spacial score (nSPS) is 34.5. The fourth-order valence-electron chi connectivity index (χ4n) is 7.57. The van der Waals surface area contributed by atoms with Gasteiger partial charge in [0, 0.05) is 12.7 Å². The number of fused-ring (bicyclic) bond motifs is 3. The van der Waals surface area contributed by atoms with Crippen molar-refractivity contribution in [1.82, 2.24) is 5.06 Å². The minimum Gasteiger partial charge on any atom is -0.393 e. The first-order valence-electron chi connectivity index (χ1n) is 13.1. The van der Waals surface area contributed by atoms with Crippen molar-refractivity contribution in [1.29, 1.82) is 0 Å². The molecule has 3 nitrogen and oxygen atoms in total. The molecule has 0 aromatic heterocycles. The number of allylic oxidation sites excluding steroid dienone is 2. The van der Waals surface area contributed by atoms with E-state index in [4.69, 9.17) is 4.84 Å². The lowest BCUT2D eigenvalue weighted by molar-refractivity contribution is -0.0804. The van der Waals surface area contributed by atoms with Gasteiger partial charge in [-0.3, -0.25) is 9.90 Å². The SMILES string of the molecule is C=C(CCC(C)C1CCC2C3CC=C(CC(O)CCCC)CC3CCC12C)N(C)OC. The Morgan fingerprint density at radius 1 is 1.32 bits per heavy atom. The van der Waals surface area contributed by atoms with Crippen molar-refractivity contribution < 1.29 is 9.94 Å². The highest BCUT2D eigenvalue weighted by atomic mass is 16.7. The zero-order valence-electron chi connectivity index (χ0n) is 21.0. The molecule has 0 heterocycles. The molecule has 3 aliphatic carbocycles. The Hall–Kier alpha value is -0.800. The molecule has 0 saturated heterocycles. The van der Waals surface area contributed by atoms with E-state index < -0.39 is 0 Å². The van der Waals surface area contributed by atoms with Crippen molar-refractivity contribution in [2.75, 3.05) is 14.2 Å². The van der Waals surface area contributed by atoms with Gasteiger partial charge in [0.25, 0.3) is 0 Å². The summed E-state index contributed by atoms with van der Waals surface area (Å²) in [7, 11) is 3.67. The summed E-state index contributed by atoms with van der Waals surface area (Å²) in [5.41, 5.74) is 3.15. The molecule has 3 heteroatoms. The van der Waals surface area contributed by atoms with E-state index in [9.17, 15) is 5.11 Å². The minimum absolute atomic E-state index is 0.125. The van der Waals surface area contributed by atoms with Crippen molar-refractivity contribution >= 4 is 0 Å². The van der Waals surface area contributed by atoms with Gasteiger partial charge in [-0.15, -0.1) is 0 Å². The van der Waals surface area contributed by atoms with Gasteiger partial charge in [-0.05, 0) is 99.2 Å².